The van der Waals surface area contributed by atoms with Crippen molar-refractivity contribution in [3.8, 4) is 5.75 Å². The molecule has 1 aromatic carbocycles. The molecule has 2 saturated heterocycles. The molecule has 25 heavy (non-hydrogen) atoms. The number of ketones is 1. The van der Waals surface area contributed by atoms with Gasteiger partial charge in [-0.1, -0.05) is 0 Å². The number of hydrogen-bond donors (Lipinski definition) is 1. The van der Waals surface area contributed by atoms with E-state index in [-0.39, 0.29) is 30.5 Å². The van der Waals surface area contributed by atoms with Crippen molar-refractivity contribution in [2.75, 3.05) is 33.3 Å². The van der Waals surface area contributed by atoms with Gasteiger partial charge in [-0.15, -0.1) is 12.4 Å². The second-order valence-corrected chi connectivity index (χ2v) is 6.79. The molecule has 2 atom stereocenters. The zero-order chi connectivity index (χ0) is 16.9. The fourth-order valence-electron chi connectivity index (χ4n) is 3.77. The smallest absolute Gasteiger partial charge is 0.223 e. The number of likely N-dealkylation sites (tertiary alicyclic amines) is 1. The van der Waals surface area contributed by atoms with Crippen molar-refractivity contribution in [2.45, 2.75) is 25.7 Å². The first-order valence-electron chi connectivity index (χ1n) is 8.83. The topological polar surface area (TPSA) is 58.6 Å². The number of carbonyl (C=O) groups is 2. The van der Waals surface area contributed by atoms with Gasteiger partial charge in [0.05, 0.1) is 7.11 Å². The van der Waals surface area contributed by atoms with Gasteiger partial charge in [0.1, 0.15) is 5.75 Å². The summed E-state index contributed by atoms with van der Waals surface area (Å²) >= 11 is 0. The van der Waals surface area contributed by atoms with Crippen LogP contribution in [0.2, 0.25) is 0 Å². The highest BCUT2D eigenvalue weighted by Gasteiger charge is 2.31. The van der Waals surface area contributed by atoms with Gasteiger partial charge in [-0.25, -0.2) is 0 Å². The second-order valence-electron chi connectivity index (χ2n) is 6.79. The molecule has 2 aliphatic rings. The molecule has 6 heteroatoms. The maximum atomic E-state index is 12.4. The molecular weight excluding hydrogens is 340 g/mol. The lowest BCUT2D eigenvalue weighted by molar-refractivity contribution is -0.131. The molecule has 0 aliphatic carbocycles. The molecule has 0 aromatic heterocycles. The molecule has 3 rings (SSSR count). The third-order valence-corrected chi connectivity index (χ3v) is 5.35. The van der Waals surface area contributed by atoms with Crippen molar-refractivity contribution >= 4 is 24.1 Å². The Hall–Kier alpha value is -1.59. The Morgan fingerprint density at radius 3 is 2.24 bits per heavy atom. The van der Waals surface area contributed by atoms with E-state index in [1.807, 2.05) is 4.90 Å². The fraction of sp³-hybridized carbons (Fsp3) is 0.579. The van der Waals surface area contributed by atoms with Crippen molar-refractivity contribution in [1.29, 1.82) is 0 Å². The number of Topliss-reactive ketones (excluding diaryl/α,β-unsaturated/α-hetero) is 1. The summed E-state index contributed by atoms with van der Waals surface area (Å²) in [5.74, 6) is 2.28. The third-order valence-electron chi connectivity index (χ3n) is 5.35. The predicted octanol–water partition coefficient (Wildman–Crippen LogP) is 2.54. The number of nitrogens with zero attached hydrogens (tertiary/aromatic N) is 1. The molecule has 5 nitrogen and oxygen atoms in total. The summed E-state index contributed by atoms with van der Waals surface area (Å²) in [5.41, 5.74) is 0.639. The molecule has 1 N–H and O–H groups in total. The van der Waals surface area contributed by atoms with Crippen LogP contribution >= 0.6 is 12.4 Å². The number of ether oxygens (including phenoxy) is 1. The van der Waals surface area contributed by atoms with Crippen LogP contribution in [0, 0.1) is 11.8 Å². The van der Waals surface area contributed by atoms with Crippen molar-refractivity contribution in [1.82, 2.24) is 10.2 Å². The molecule has 1 aromatic rings. The highest BCUT2D eigenvalue weighted by Crippen LogP contribution is 2.27. The van der Waals surface area contributed by atoms with Crippen LogP contribution in [0.1, 0.15) is 36.0 Å². The summed E-state index contributed by atoms with van der Waals surface area (Å²) in [6, 6.07) is 7.06. The minimum atomic E-state index is 0. The molecule has 2 fully saturated rings. The number of methoxy groups -OCH3 is 1. The first-order valence-corrected chi connectivity index (χ1v) is 8.83. The van der Waals surface area contributed by atoms with Gasteiger partial charge in [0.15, 0.2) is 5.78 Å². The summed E-state index contributed by atoms with van der Waals surface area (Å²) in [4.78, 5) is 26.6. The Kier molecular flexibility index (Phi) is 7.26. The first kappa shape index (κ1) is 19.7. The average molecular weight is 367 g/mol. The van der Waals surface area contributed by atoms with Gasteiger partial charge < -0.3 is 15.0 Å². The Balaban J connectivity index is 0.00000225. The lowest BCUT2D eigenvalue weighted by Crippen LogP contribution is -2.32. The number of fused-ring (bicyclic) bond motifs is 1. The highest BCUT2D eigenvalue weighted by atomic mass is 35.5. The van der Waals surface area contributed by atoms with E-state index in [1.54, 1.807) is 31.4 Å². The molecule has 0 unspecified atom stereocenters. The SMILES string of the molecule is COc1ccc(C(=O)CCC(=O)N2CC[C@@H]3CNC[C@@H]3CC2)cc1.Cl. The number of benzene rings is 1. The summed E-state index contributed by atoms with van der Waals surface area (Å²) in [5, 5.41) is 3.45. The molecular formula is C19H27ClN2O3. The third kappa shape index (κ3) is 4.95. The standard InChI is InChI=1S/C19H26N2O3.ClH/c1-24-17-4-2-14(3-5-17)18(22)6-7-19(23)21-10-8-15-12-20-13-16(15)9-11-21;/h2-5,15-16,20H,6-13H2,1H3;1H/t15-,16+;. The largest absolute Gasteiger partial charge is 0.497 e. The highest BCUT2D eigenvalue weighted by molar-refractivity contribution is 5.98. The van der Waals surface area contributed by atoms with E-state index in [0.29, 0.717) is 23.8 Å². The Morgan fingerprint density at radius 1 is 1.08 bits per heavy atom. The average Bonchev–Trinajstić information content (AvgIpc) is 2.97. The number of amides is 1. The van der Waals surface area contributed by atoms with Crippen molar-refractivity contribution in [2.24, 2.45) is 11.8 Å². The maximum Gasteiger partial charge on any atom is 0.223 e. The van der Waals surface area contributed by atoms with E-state index in [2.05, 4.69) is 5.32 Å². The van der Waals surface area contributed by atoms with Gasteiger partial charge in [-0.2, -0.15) is 0 Å². The summed E-state index contributed by atoms with van der Waals surface area (Å²) < 4.78 is 5.09. The van der Waals surface area contributed by atoms with Crippen LogP contribution in [0.25, 0.3) is 0 Å². The minimum Gasteiger partial charge on any atom is -0.497 e. The van der Waals surface area contributed by atoms with E-state index in [0.717, 1.165) is 44.8 Å². The van der Waals surface area contributed by atoms with E-state index >= 15 is 0 Å². The van der Waals surface area contributed by atoms with Gasteiger partial charge in [0.25, 0.3) is 0 Å². The van der Waals surface area contributed by atoms with Crippen LogP contribution in [0.15, 0.2) is 24.3 Å². The normalized spacial score (nSPS) is 22.5. The molecule has 138 valence electrons. The molecule has 2 heterocycles. The predicted molar refractivity (Wildman–Crippen MR) is 99.5 cm³/mol. The van der Waals surface area contributed by atoms with Gasteiger partial charge >= 0.3 is 0 Å². The van der Waals surface area contributed by atoms with Crippen LogP contribution in [-0.2, 0) is 4.79 Å². The van der Waals surface area contributed by atoms with E-state index < -0.39 is 0 Å². The maximum absolute atomic E-state index is 12.4. The zero-order valence-corrected chi connectivity index (χ0v) is 15.5. The number of nitrogens with one attached hydrogen (secondary N) is 1. The fourth-order valence-corrected chi connectivity index (χ4v) is 3.77. The molecule has 1 amide bonds. The van der Waals surface area contributed by atoms with Crippen LogP contribution in [0.4, 0.5) is 0 Å². The van der Waals surface area contributed by atoms with Gasteiger partial charge in [0.2, 0.25) is 5.91 Å². The quantitative estimate of drug-likeness (QED) is 0.813. The minimum absolute atomic E-state index is 0. The van der Waals surface area contributed by atoms with E-state index in [1.165, 1.54) is 0 Å². The Bertz CT molecular complexity index is 577. The lowest BCUT2D eigenvalue weighted by atomic mass is 9.92. The van der Waals surface area contributed by atoms with Crippen LogP contribution in [-0.4, -0.2) is 49.9 Å². The lowest BCUT2D eigenvalue weighted by Gasteiger charge is -2.20. The number of rotatable bonds is 5. The second kappa shape index (κ2) is 9.20. The van der Waals surface area contributed by atoms with Gasteiger partial charge in [0, 0.05) is 31.5 Å². The molecule has 0 saturated carbocycles. The molecule has 0 spiro atoms. The van der Waals surface area contributed by atoms with Crippen LogP contribution < -0.4 is 10.1 Å². The number of hydrogen-bond acceptors (Lipinski definition) is 4. The zero-order valence-electron chi connectivity index (χ0n) is 14.7. The van der Waals surface area contributed by atoms with Crippen molar-refractivity contribution in [3.63, 3.8) is 0 Å². The van der Waals surface area contributed by atoms with Gasteiger partial charge in [-0.3, -0.25) is 9.59 Å². The van der Waals surface area contributed by atoms with Crippen molar-refractivity contribution in [3.05, 3.63) is 29.8 Å². The molecule has 0 radical (unpaired) electrons. The molecule has 0 bridgehead atoms. The first-order chi connectivity index (χ1) is 11.7. The summed E-state index contributed by atoms with van der Waals surface area (Å²) in [6.07, 6.45) is 2.74. The van der Waals surface area contributed by atoms with E-state index in [9.17, 15) is 9.59 Å². The van der Waals surface area contributed by atoms with Crippen LogP contribution in [0.5, 0.6) is 5.75 Å². The Labute approximate surface area is 155 Å². The van der Waals surface area contributed by atoms with Crippen molar-refractivity contribution < 1.29 is 14.3 Å². The summed E-state index contributed by atoms with van der Waals surface area (Å²) in [7, 11) is 1.60. The van der Waals surface area contributed by atoms with E-state index in [4.69, 9.17) is 4.74 Å². The monoisotopic (exact) mass is 366 g/mol. The Morgan fingerprint density at radius 2 is 1.68 bits per heavy atom. The summed E-state index contributed by atoms with van der Waals surface area (Å²) in [6.45, 7) is 3.84. The number of carbonyl (C=O) groups excluding carboxylic acids is 2. The number of halogens is 1. The van der Waals surface area contributed by atoms with Crippen LogP contribution in [0.3, 0.4) is 0 Å². The molecule has 2 aliphatic heterocycles. The van der Waals surface area contributed by atoms with Gasteiger partial charge in [-0.05, 0) is 62.0 Å².